The molecule has 1 aliphatic heterocycles. The smallest absolute Gasteiger partial charge is 0.252 e. The van der Waals surface area contributed by atoms with E-state index in [9.17, 15) is 4.79 Å². The standard InChI is InChI=1S/C27H29N5O2/c1-3-29-26(33)22-13-23-27(32-16-22)34-24(17-30-23)25(21-7-5-4-6-8-21)31-15-18(2)20-11-9-19(14-28)10-12-20/h4-13,16,18,24-25,30-31H,3,15,17H2,1-2H3,(H,29,33)/t18-,24-,25+/m0/s1. The molecule has 1 aliphatic rings. The van der Waals surface area contributed by atoms with Crippen molar-refractivity contribution >= 4 is 11.6 Å². The van der Waals surface area contributed by atoms with Gasteiger partial charge in [0.05, 0.1) is 35.5 Å². The van der Waals surface area contributed by atoms with Gasteiger partial charge in [-0.15, -0.1) is 0 Å². The largest absolute Gasteiger partial charge is 0.469 e. The first kappa shape index (κ1) is 23.3. The monoisotopic (exact) mass is 455 g/mol. The van der Waals surface area contributed by atoms with Gasteiger partial charge in [-0.3, -0.25) is 4.79 Å². The molecule has 1 aromatic heterocycles. The highest BCUT2D eigenvalue weighted by molar-refractivity contribution is 5.95. The summed E-state index contributed by atoms with van der Waals surface area (Å²) in [7, 11) is 0. The highest BCUT2D eigenvalue weighted by Gasteiger charge is 2.30. The third-order valence-electron chi connectivity index (χ3n) is 5.99. The molecule has 0 saturated carbocycles. The number of anilines is 1. The first-order valence-electron chi connectivity index (χ1n) is 11.6. The molecular weight excluding hydrogens is 426 g/mol. The molecule has 3 atom stereocenters. The average molecular weight is 456 g/mol. The van der Waals surface area contributed by atoms with Gasteiger partial charge in [-0.25, -0.2) is 4.98 Å². The Morgan fingerprint density at radius 3 is 2.68 bits per heavy atom. The first-order chi connectivity index (χ1) is 16.6. The number of rotatable bonds is 8. The topological polar surface area (TPSA) is 99.1 Å². The van der Waals surface area contributed by atoms with Crippen molar-refractivity contribution in [3.05, 3.63) is 89.1 Å². The van der Waals surface area contributed by atoms with E-state index in [2.05, 4.69) is 46.1 Å². The van der Waals surface area contributed by atoms with Crippen molar-refractivity contribution in [3.63, 3.8) is 0 Å². The second kappa shape index (κ2) is 10.8. The van der Waals surface area contributed by atoms with Crippen molar-refractivity contribution < 1.29 is 9.53 Å². The molecule has 7 heteroatoms. The lowest BCUT2D eigenvalue weighted by atomic mass is 9.96. The molecule has 4 rings (SSSR count). The van der Waals surface area contributed by atoms with E-state index in [0.29, 0.717) is 30.1 Å². The number of pyridine rings is 1. The zero-order valence-electron chi connectivity index (χ0n) is 19.4. The molecule has 2 aromatic carbocycles. The molecule has 3 aromatic rings. The molecular formula is C27H29N5O2. The number of nitriles is 1. The fourth-order valence-corrected chi connectivity index (χ4v) is 4.07. The molecule has 0 radical (unpaired) electrons. The number of hydrogen-bond donors (Lipinski definition) is 3. The zero-order valence-corrected chi connectivity index (χ0v) is 19.4. The van der Waals surface area contributed by atoms with Gasteiger partial charge in [0.1, 0.15) is 6.10 Å². The van der Waals surface area contributed by atoms with Gasteiger partial charge in [0, 0.05) is 19.3 Å². The first-order valence-corrected chi connectivity index (χ1v) is 11.6. The van der Waals surface area contributed by atoms with Crippen LogP contribution in [0, 0.1) is 11.3 Å². The summed E-state index contributed by atoms with van der Waals surface area (Å²) in [5, 5.41) is 18.9. The number of ether oxygens (including phenoxy) is 1. The number of aromatic nitrogens is 1. The van der Waals surface area contributed by atoms with Gasteiger partial charge in [0.25, 0.3) is 5.91 Å². The Morgan fingerprint density at radius 2 is 1.97 bits per heavy atom. The Kier molecular flexibility index (Phi) is 7.41. The summed E-state index contributed by atoms with van der Waals surface area (Å²) in [6, 6.07) is 21.8. The second-order valence-electron chi connectivity index (χ2n) is 8.40. The summed E-state index contributed by atoms with van der Waals surface area (Å²) in [6.45, 7) is 5.92. The SMILES string of the molecule is CCNC(=O)c1cnc2c(c1)NC[C@@H]([C@H](NC[C@H](C)c1ccc(C#N)cc1)c1ccccc1)O2. The van der Waals surface area contributed by atoms with Crippen LogP contribution in [0.5, 0.6) is 5.88 Å². The predicted octanol–water partition coefficient (Wildman–Crippen LogP) is 4.01. The number of nitrogens with zero attached hydrogens (tertiary/aromatic N) is 2. The van der Waals surface area contributed by atoms with E-state index in [1.807, 2.05) is 49.4 Å². The minimum atomic E-state index is -0.189. The highest BCUT2D eigenvalue weighted by Crippen LogP contribution is 2.32. The van der Waals surface area contributed by atoms with Crippen LogP contribution in [0.1, 0.15) is 52.9 Å². The van der Waals surface area contributed by atoms with Crippen LogP contribution in [-0.2, 0) is 0 Å². The van der Waals surface area contributed by atoms with Gasteiger partial charge in [-0.1, -0.05) is 49.4 Å². The van der Waals surface area contributed by atoms with Crippen molar-refractivity contribution in [1.82, 2.24) is 15.6 Å². The predicted molar refractivity (Wildman–Crippen MR) is 132 cm³/mol. The lowest BCUT2D eigenvalue weighted by Crippen LogP contribution is -2.43. The molecule has 0 fully saturated rings. The second-order valence-corrected chi connectivity index (χ2v) is 8.40. The summed E-state index contributed by atoms with van der Waals surface area (Å²) in [5.74, 6) is 0.593. The number of benzene rings is 2. The summed E-state index contributed by atoms with van der Waals surface area (Å²) in [6.07, 6.45) is 1.36. The molecule has 1 amide bonds. The fraction of sp³-hybridized carbons (Fsp3) is 0.296. The van der Waals surface area contributed by atoms with Crippen LogP contribution in [0.4, 0.5) is 5.69 Å². The van der Waals surface area contributed by atoms with E-state index in [4.69, 9.17) is 10.00 Å². The summed E-state index contributed by atoms with van der Waals surface area (Å²) < 4.78 is 6.31. The van der Waals surface area contributed by atoms with Crippen molar-refractivity contribution in [1.29, 1.82) is 5.26 Å². The van der Waals surface area contributed by atoms with Crippen molar-refractivity contribution in [2.45, 2.75) is 31.9 Å². The minimum absolute atomic E-state index is 0.0625. The Hall–Kier alpha value is -3.89. The Balaban J connectivity index is 1.49. The van der Waals surface area contributed by atoms with Gasteiger partial charge >= 0.3 is 0 Å². The maximum Gasteiger partial charge on any atom is 0.252 e. The van der Waals surface area contributed by atoms with Crippen LogP contribution in [0.2, 0.25) is 0 Å². The summed E-state index contributed by atoms with van der Waals surface area (Å²) in [5.41, 5.74) is 4.19. The summed E-state index contributed by atoms with van der Waals surface area (Å²) in [4.78, 5) is 16.6. The fourth-order valence-electron chi connectivity index (χ4n) is 4.07. The Labute approximate surface area is 200 Å². The number of carbonyl (C=O) groups is 1. The molecule has 3 N–H and O–H groups in total. The van der Waals surface area contributed by atoms with E-state index >= 15 is 0 Å². The van der Waals surface area contributed by atoms with Gasteiger partial charge in [0.15, 0.2) is 0 Å². The van der Waals surface area contributed by atoms with E-state index in [0.717, 1.165) is 17.8 Å². The van der Waals surface area contributed by atoms with Crippen LogP contribution in [0.3, 0.4) is 0 Å². The van der Waals surface area contributed by atoms with Crippen LogP contribution in [0.25, 0.3) is 0 Å². The summed E-state index contributed by atoms with van der Waals surface area (Å²) >= 11 is 0. The van der Waals surface area contributed by atoms with E-state index in [1.54, 1.807) is 12.3 Å². The Morgan fingerprint density at radius 1 is 1.21 bits per heavy atom. The van der Waals surface area contributed by atoms with Crippen LogP contribution in [0.15, 0.2) is 66.9 Å². The molecule has 174 valence electrons. The van der Waals surface area contributed by atoms with Crippen molar-refractivity contribution in [3.8, 4) is 11.9 Å². The molecule has 0 aliphatic carbocycles. The maximum atomic E-state index is 12.1. The third kappa shape index (κ3) is 5.36. The number of amides is 1. The molecule has 0 spiro atoms. The maximum absolute atomic E-state index is 12.1. The molecule has 0 bridgehead atoms. The molecule has 34 heavy (non-hydrogen) atoms. The number of carbonyl (C=O) groups excluding carboxylic acids is 1. The molecule has 0 unspecified atom stereocenters. The number of nitrogens with one attached hydrogen (secondary N) is 3. The lowest BCUT2D eigenvalue weighted by molar-refractivity contribution is 0.0955. The van der Waals surface area contributed by atoms with Crippen molar-refractivity contribution in [2.24, 2.45) is 0 Å². The van der Waals surface area contributed by atoms with E-state index in [1.165, 1.54) is 5.56 Å². The Bertz CT molecular complexity index is 1160. The van der Waals surface area contributed by atoms with E-state index < -0.39 is 0 Å². The molecule has 0 saturated heterocycles. The molecule has 2 heterocycles. The van der Waals surface area contributed by atoms with Gasteiger partial charge in [-0.05, 0) is 42.2 Å². The lowest BCUT2D eigenvalue weighted by Gasteiger charge is -2.34. The quantitative estimate of drug-likeness (QED) is 0.475. The average Bonchev–Trinajstić information content (AvgIpc) is 2.89. The number of fused-ring (bicyclic) bond motifs is 1. The number of hydrogen-bond acceptors (Lipinski definition) is 6. The van der Waals surface area contributed by atoms with Gasteiger partial charge in [0.2, 0.25) is 5.88 Å². The van der Waals surface area contributed by atoms with Crippen LogP contribution < -0.4 is 20.7 Å². The minimum Gasteiger partial charge on any atom is -0.469 e. The highest BCUT2D eigenvalue weighted by atomic mass is 16.5. The van der Waals surface area contributed by atoms with Crippen LogP contribution in [-0.4, -0.2) is 36.6 Å². The van der Waals surface area contributed by atoms with Gasteiger partial charge < -0.3 is 20.7 Å². The zero-order chi connectivity index (χ0) is 23.9. The van der Waals surface area contributed by atoms with E-state index in [-0.39, 0.29) is 24.0 Å². The van der Waals surface area contributed by atoms with Crippen LogP contribution >= 0.6 is 0 Å². The van der Waals surface area contributed by atoms with Crippen molar-refractivity contribution in [2.75, 3.05) is 25.0 Å². The third-order valence-corrected chi connectivity index (χ3v) is 5.99. The molecule has 7 nitrogen and oxygen atoms in total. The van der Waals surface area contributed by atoms with Gasteiger partial charge in [-0.2, -0.15) is 5.26 Å². The normalized spacial score (nSPS) is 16.2.